The average Bonchev–Trinajstić information content (AvgIpc) is 1.12. The van der Waals surface area contributed by atoms with Gasteiger partial charge in [0.15, 0.2) is 0 Å². The summed E-state index contributed by atoms with van der Waals surface area (Å²) in [5.41, 5.74) is 0. The number of rotatable bonds is 0. The Labute approximate surface area is 128 Å². The maximum absolute atomic E-state index is 8.88. The highest BCUT2D eigenvalue weighted by Gasteiger charge is 2.00. The van der Waals surface area contributed by atoms with Crippen molar-refractivity contribution >= 4 is 84.8 Å². The summed E-state index contributed by atoms with van der Waals surface area (Å²) in [6.45, 7) is 0. The second kappa shape index (κ2) is 15.5. The fourth-order valence-corrected chi connectivity index (χ4v) is 0. The van der Waals surface area contributed by atoms with E-state index in [1.807, 2.05) is 0 Å². The van der Waals surface area contributed by atoms with Gasteiger partial charge in [0.1, 0.15) is 0 Å². The van der Waals surface area contributed by atoms with Crippen LogP contribution in [0.4, 0.5) is 0 Å². The average molecular weight is 287 g/mol. The first-order valence-corrected chi connectivity index (χ1v) is 4.70. The summed E-state index contributed by atoms with van der Waals surface area (Å²) in [5, 5.41) is 0. The zero-order valence-electron chi connectivity index (χ0n) is 7.02. The number of hydrogen-bond acceptors (Lipinski definition) is 2. The van der Waals surface area contributed by atoms with Crippen molar-refractivity contribution in [1.82, 2.24) is 0 Å². The van der Waals surface area contributed by atoms with E-state index in [2.05, 4.69) is 0 Å². The lowest BCUT2D eigenvalue weighted by atomic mass is 15.8. The summed E-state index contributed by atoms with van der Waals surface area (Å²) in [6, 6.07) is 0. The molecule has 0 aliphatic carbocycles. The van der Waals surface area contributed by atoms with Gasteiger partial charge in [-0.25, -0.2) is 9.13 Å². The topological polar surface area (TPSA) is 187 Å². The van der Waals surface area contributed by atoms with Gasteiger partial charge in [0, 0.05) is 69.2 Å². The van der Waals surface area contributed by atoms with Crippen molar-refractivity contribution in [3.8, 4) is 0 Å². The molecule has 6 radical (unpaired) electrons. The first kappa shape index (κ1) is 36.0. The van der Waals surface area contributed by atoms with Crippen molar-refractivity contribution in [3.63, 3.8) is 0 Å². The molecule has 0 aliphatic heterocycles. The molecule has 14 heavy (non-hydrogen) atoms. The predicted molar refractivity (Wildman–Crippen MR) is 49.4 cm³/mol. The fourth-order valence-electron chi connectivity index (χ4n) is 0. The Morgan fingerprint density at radius 1 is 0.571 bits per heavy atom. The minimum absolute atomic E-state index is 0. The second-order valence-electron chi connectivity index (χ2n) is 1.03. The molecule has 0 atom stereocenters. The van der Waals surface area contributed by atoms with E-state index in [9.17, 15) is 0 Å². The van der Waals surface area contributed by atoms with Gasteiger partial charge in [-0.15, -0.1) is 0 Å². The first-order valence-electron chi connectivity index (χ1n) is 1.57. The lowest BCUT2D eigenvalue weighted by Gasteiger charge is -1.82. The molecule has 0 aromatic rings. The molecule has 78 valence electrons. The van der Waals surface area contributed by atoms with Crippen molar-refractivity contribution in [1.29, 1.82) is 0 Å². The maximum Gasteiger partial charge on any atom is 0.466 e. The fraction of sp³-hybridized carbons (Fsp3) is 0. The minimum atomic E-state index is -4.64. The summed E-state index contributed by atoms with van der Waals surface area (Å²) in [5.74, 6) is 0. The molecular weight excluding hydrogens is 279 g/mol. The summed E-state index contributed by atoms with van der Waals surface area (Å²) in [4.78, 5) is 43.1. The Bertz CT molecular complexity index is 130. The molecule has 0 unspecified atom stereocenters. The molecule has 8 N–H and O–H groups in total. The highest BCUT2D eigenvalue weighted by Crippen LogP contribution is 2.26. The molecule has 0 saturated carbocycles. The molecule has 14 heteroatoms. The number of hydrogen-bond donors (Lipinski definition) is 6. The molecule has 0 heterocycles. The predicted octanol–water partition coefficient (Wildman–Crippen LogP) is -3.82. The third-order valence-electron chi connectivity index (χ3n) is 0. The first-order chi connectivity index (χ1) is 4.00. The molecule has 9 nitrogen and oxygen atoms in total. The second-order valence-corrected chi connectivity index (χ2v) is 3.08. The molecule has 0 rings (SSSR count). The van der Waals surface area contributed by atoms with Crippen molar-refractivity contribution in [2.75, 3.05) is 0 Å². The molecular formula is H8Mg3O9P2. The molecule has 0 saturated heterocycles. The molecule has 0 fully saturated rings. The molecule has 0 spiro atoms. The van der Waals surface area contributed by atoms with E-state index in [0.717, 1.165) is 0 Å². The van der Waals surface area contributed by atoms with Gasteiger partial charge in [-0.1, -0.05) is 0 Å². The van der Waals surface area contributed by atoms with Crippen LogP contribution in [0.15, 0.2) is 0 Å². The molecule has 0 amide bonds. The standard InChI is InChI=1S/3Mg.2H3O4P.H2O/c;;;2*1-5(2,3)4;/h;;;2*(H3,1,2,3,4);1H2. The third kappa shape index (κ3) is 428. The lowest BCUT2D eigenvalue weighted by molar-refractivity contribution is 0.272. The monoisotopic (exact) mass is 286 g/mol. The molecule has 0 aromatic heterocycles. The van der Waals surface area contributed by atoms with Crippen molar-refractivity contribution in [2.45, 2.75) is 0 Å². The van der Waals surface area contributed by atoms with Crippen molar-refractivity contribution in [2.24, 2.45) is 0 Å². The van der Waals surface area contributed by atoms with Crippen LogP contribution in [-0.2, 0) is 9.13 Å². The van der Waals surface area contributed by atoms with Gasteiger partial charge in [0.25, 0.3) is 0 Å². The smallest absolute Gasteiger partial charge is 0.412 e. The van der Waals surface area contributed by atoms with E-state index >= 15 is 0 Å². The van der Waals surface area contributed by atoms with Gasteiger partial charge in [-0.2, -0.15) is 0 Å². The van der Waals surface area contributed by atoms with Crippen LogP contribution in [0.1, 0.15) is 0 Å². The van der Waals surface area contributed by atoms with E-state index in [4.69, 9.17) is 38.5 Å². The van der Waals surface area contributed by atoms with E-state index in [-0.39, 0.29) is 74.6 Å². The van der Waals surface area contributed by atoms with E-state index < -0.39 is 15.6 Å². The van der Waals surface area contributed by atoms with Crippen LogP contribution in [0.2, 0.25) is 0 Å². The Kier molecular flexibility index (Phi) is 39.8. The van der Waals surface area contributed by atoms with Crippen molar-refractivity contribution < 1.29 is 44.0 Å². The zero-order chi connectivity index (χ0) is 9.00. The Morgan fingerprint density at radius 2 is 0.571 bits per heavy atom. The van der Waals surface area contributed by atoms with E-state index in [0.29, 0.717) is 0 Å². The maximum atomic E-state index is 8.88. The van der Waals surface area contributed by atoms with Gasteiger partial charge in [0.2, 0.25) is 0 Å². The SMILES string of the molecule is O.O=P(O)(O)O.O=P(O)(O)O.[Mg].[Mg].[Mg]. The Hall–Kier alpha value is 2.48. The van der Waals surface area contributed by atoms with Crippen LogP contribution in [0.25, 0.3) is 0 Å². The highest BCUT2D eigenvalue weighted by atomic mass is 31.2. The van der Waals surface area contributed by atoms with Gasteiger partial charge < -0.3 is 34.8 Å². The van der Waals surface area contributed by atoms with Gasteiger partial charge in [0.05, 0.1) is 0 Å². The Balaban J connectivity index is -0.0000000178. The summed E-state index contributed by atoms with van der Waals surface area (Å²) < 4.78 is 17.8. The molecule has 0 aromatic carbocycles. The van der Waals surface area contributed by atoms with Gasteiger partial charge >= 0.3 is 15.6 Å². The van der Waals surface area contributed by atoms with Crippen LogP contribution < -0.4 is 0 Å². The van der Waals surface area contributed by atoms with Crippen LogP contribution >= 0.6 is 15.6 Å². The zero-order valence-corrected chi connectivity index (χ0v) is 13.0. The lowest BCUT2D eigenvalue weighted by Crippen LogP contribution is -1.66. The van der Waals surface area contributed by atoms with Crippen molar-refractivity contribution in [3.05, 3.63) is 0 Å². The molecule has 0 aliphatic rings. The summed E-state index contributed by atoms with van der Waals surface area (Å²) >= 11 is 0. The number of phosphoric acid groups is 2. The third-order valence-corrected chi connectivity index (χ3v) is 0. The van der Waals surface area contributed by atoms with Gasteiger partial charge in [-0.05, 0) is 0 Å². The van der Waals surface area contributed by atoms with E-state index in [1.165, 1.54) is 0 Å². The van der Waals surface area contributed by atoms with Crippen LogP contribution in [-0.4, -0.2) is 104 Å². The van der Waals surface area contributed by atoms with Crippen LogP contribution in [0, 0.1) is 0 Å². The summed E-state index contributed by atoms with van der Waals surface area (Å²) in [6.07, 6.45) is 0. The van der Waals surface area contributed by atoms with E-state index in [1.54, 1.807) is 0 Å². The Morgan fingerprint density at radius 3 is 0.571 bits per heavy atom. The quantitative estimate of drug-likeness (QED) is 0.193. The van der Waals surface area contributed by atoms with Crippen LogP contribution in [0.3, 0.4) is 0 Å². The largest absolute Gasteiger partial charge is 0.466 e. The summed E-state index contributed by atoms with van der Waals surface area (Å²) in [7, 11) is -9.28. The van der Waals surface area contributed by atoms with Gasteiger partial charge in [-0.3, -0.25) is 0 Å². The minimum Gasteiger partial charge on any atom is -0.412 e. The molecule has 0 bridgehead atoms. The highest BCUT2D eigenvalue weighted by molar-refractivity contribution is 7.45. The normalized spacial score (nSPS) is 8.43. The van der Waals surface area contributed by atoms with Crippen LogP contribution in [0.5, 0.6) is 0 Å².